The lowest BCUT2D eigenvalue weighted by atomic mass is 10.1. The minimum atomic E-state index is -0.584. The van der Waals surface area contributed by atoms with Crippen molar-refractivity contribution in [1.29, 1.82) is 0 Å². The molecule has 0 unspecified atom stereocenters. The van der Waals surface area contributed by atoms with Crippen LogP contribution in [0.15, 0.2) is 23.1 Å². The molecule has 1 aliphatic heterocycles. The molecular formula is C14H18N2OS. The molecule has 1 amide bonds. The molecule has 18 heavy (non-hydrogen) atoms. The summed E-state index contributed by atoms with van der Waals surface area (Å²) in [5.41, 5.74) is 7.72. The molecule has 0 spiro atoms. The molecule has 1 saturated carbocycles. The number of likely N-dealkylation sites (N-methyl/N-ethyl adjacent to an activating group) is 1. The fraction of sp³-hybridized carbons (Fsp3) is 0.500. The third-order valence-corrected chi connectivity index (χ3v) is 5.00. The highest BCUT2D eigenvalue weighted by Gasteiger charge is 2.47. The molecule has 1 heterocycles. The molecule has 96 valence electrons. The minimum Gasteiger partial charge on any atom is -0.317 e. The molecule has 0 saturated heterocycles. The minimum absolute atomic E-state index is 0.0471. The summed E-state index contributed by atoms with van der Waals surface area (Å²) in [6.45, 7) is 0. The van der Waals surface area contributed by atoms with Gasteiger partial charge in [-0.05, 0) is 55.2 Å². The molecule has 2 N–H and O–H groups in total. The van der Waals surface area contributed by atoms with Crippen molar-refractivity contribution in [3.8, 4) is 0 Å². The number of carbonyl (C=O) groups excluding carboxylic acids is 1. The van der Waals surface area contributed by atoms with Gasteiger partial charge < -0.3 is 10.6 Å². The lowest BCUT2D eigenvalue weighted by Crippen LogP contribution is -2.43. The normalized spacial score (nSPS) is 20.1. The number of hydrogen-bond acceptors (Lipinski definition) is 3. The van der Waals surface area contributed by atoms with Gasteiger partial charge in [-0.1, -0.05) is 0 Å². The van der Waals surface area contributed by atoms with Gasteiger partial charge in [-0.3, -0.25) is 4.79 Å². The standard InChI is InChI=1S/C14H18N2OS/c1-16(13(17)14(15)6-7-14)11-4-5-12-10(9-11)3-2-8-18-12/h4-5,9H,2-3,6-8,15H2,1H3. The van der Waals surface area contributed by atoms with E-state index < -0.39 is 5.54 Å². The van der Waals surface area contributed by atoms with Crippen molar-refractivity contribution in [2.45, 2.75) is 36.1 Å². The predicted molar refractivity (Wildman–Crippen MR) is 75.0 cm³/mol. The zero-order valence-electron chi connectivity index (χ0n) is 10.6. The van der Waals surface area contributed by atoms with Gasteiger partial charge in [0.1, 0.15) is 0 Å². The quantitative estimate of drug-likeness (QED) is 0.888. The smallest absolute Gasteiger partial charge is 0.246 e. The van der Waals surface area contributed by atoms with Crippen LogP contribution in [0, 0.1) is 0 Å². The largest absolute Gasteiger partial charge is 0.317 e. The summed E-state index contributed by atoms with van der Waals surface area (Å²) in [6, 6.07) is 6.31. The summed E-state index contributed by atoms with van der Waals surface area (Å²) in [6.07, 6.45) is 3.97. The highest BCUT2D eigenvalue weighted by atomic mass is 32.2. The Morgan fingerprint density at radius 1 is 1.44 bits per heavy atom. The van der Waals surface area contributed by atoms with E-state index in [4.69, 9.17) is 5.73 Å². The number of benzene rings is 1. The molecule has 1 fully saturated rings. The first-order valence-electron chi connectivity index (χ1n) is 6.43. The number of hydrogen-bond donors (Lipinski definition) is 1. The van der Waals surface area contributed by atoms with E-state index in [-0.39, 0.29) is 5.91 Å². The Morgan fingerprint density at radius 3 is 2.94 bits per heavy atom. The molecule has 2 aliphatic rings. The first kappa shape index (κ1) is 12.1. The Labute approximate surface area is 112 Å². The van der Waals surface area contributed by atoms with Gasteiger partial charge in [0.25, 0.3) is 0 Å². The molecule has 0 aromatic heterocycles. The second-order valence-corrected chi connectivity index (χ2v) is 6.40. The van der Waals surface area contributed by atoms with E-state index in [1.807, 2.05) is 24.9 Å². The van der Waals surface area contributed by atoms with Crippen LogP contribution in [0.2, 0.25) is 0 Å². The first-order valence-corrected chi connectivity index (χ1v) is 7.41. The van der Waals surface area contributed by atoms with Crippen molar-refractivity contribution in [2.75, 3.05) is 17.7 Å². The van der Waals surface area contributed by atoms with Crippen molar-refractivity contribution in [3.63, 3.8) is 0 Å². The average Bonchev–Trinajstić information content (AvgIpc) is 3.16. The molecule has 3 nitrogen and oxygen atoms in total. The van der Waals surface area contributed by atoms with E-state index in [1.54, 1.807) is 4.90 Å². The SMILES string of the molecule is CN(C(=O)C1(N)CC1)c1ccc2c(c1)CCCS2. The monoisotopic (exact) mass is 262 g/mol. The number of rotatable bonds is 2. The van der Waals surface area contributed by atoms with Crippen LogP contribution in [0.1, 0.15) is 24.8 Å². The zero-order valence-corrected chi connectivity index (χ0v) is 11.4. The Balaban J connectivity index is 1.85. The first-order chi connectivity index (χ1) is 8.60. The van der Waals surface area contributed by atoms with Crippen LogP contribution in [0.5, 0.6) is 0 Å². The van der Waals surface area contributed by atoms with Gasteiger partial charge in [-0.15, -0.1) is 11.8 Å². The lowest BCUT2D eigenvalue weighted by Gasteiger charge is -2.23. The fourth-order valence-electron chi connectivity index (χ4n) is 2.36. The Morgan fingerprint density at radius 2 is 2.22 bits per heavy atom. The summed E-state index contributed by atoms with van der Waals surface area (Å²) < 4.78 is 0. The molecule has 1 aliphatic carbocycles. The molecule has 0 atom stereocenters. The second-order valence-electron chi connectivity index (χ2n) is 5.26. The van der Waals surface area contributed by atoms with Crippen molar-refractivity contribution < 1.29 is 4.79 Å². The lowest BCUT2D eigenvalue weighted by molar-refractivity contribution is -0.120. The average molecular weight is 262 g/mol. The third-order valence-electron chi connectivity index (χ3n) is 3.80. The van der Waals surface area contributed by atoms with Gasteiger partial charge in [0, 0.05) is 17.6 Å². The second kappa shape index (κ2) is 4.28. The molecule has 1 aromatic rings. The number of amides is 1. The maximum Gasteiger partial charge on any atom is 0.246 e. The van der Waals surface area contributed by atoms with Gasteiger partial charge in [-0.2, -0.15) is 0 Å². The number of anilines is 1. The van der Waals surface area contributed by atoms with Crippen molar-refractivity contribution in [2.24, 2.45) is 5.73 Å². The van der Waals surface area contributed by atoms with Gasteiger partial charge in [-0.25, -0.2) is 0 Å². The number of nitrogens with two attached hydrogens (primary N) is 1. The van der Waals surface area contributed by atoms with E-state index in [0.717, 1.165) is 24.9 Å². The molecule has 0 radical (unpaired) electrons. The Bertz CT molecular complexity index is 497. The summed E-state index contributed by atoms with van der Waals surface area (Å²) in [5.74, 6) is 1.25. The molecule has 1 aromatic carbocycles. The highest BCUT2D eigenvalue weighted by Crippen LogP contribution is 2.37. The van der Waals surface area contributed by atoms with Crippen LogP contribution < -0.4 is 10.6 Å². The van der Waals surface area contributed by atoms with E-state index in [9.17, 15) is 4.79 Å². The Hall–Kier alpha value is -1.00. The van der Waals surface area contributed by atoms with Crippen LogP contribution in [-0.4, -0.2) is 24.2 Å². The van der Waals surface area contributed by atoms with Crippen LogP contribution >= 0.6 is 11.8 Å². The number of fused-ring (bicyclic) bond motifs is 1. The van der Waals surface area contributed by atoms with Crippen molar-refractivity contribution in [1.82, 2.24) is 0 Å². The summed E-state index contributed by atoms with van der Waals surface area (Å²) in [4.78, 5) is 15.3. The molecular weight excluding hydrogens is 244 g/mol. The van der Waals surface area contributed by atoms with Crippen LogP contribution in [-0.2, 0) is 11.2 Å². The van der Waals surface area contributed by atoms with E-state index in [1.165, 1.54) is 22.6 Å². The Kier molecular flexibility index (Phi) is 2.87. The van der Waals surface area contributed by atoms with E-state index >= 15 is 0 Å². The van der Waals surface area contributed by atoms with Gasteiger partial charge in [0.2, 0.25) is 5.91 Å². The zero-order chi connectivity index (χ0) is 12.8. The van der Waals surface area contributed by atoms with Gasteiger partial charge in [0.05, 0.1) is 5.54 Å². The van der Waals surface area contributed by atoms with E-state index in [2.05, 4.69) is 12.1 Å². The van der Waals surface area contributed by atoms with Gasteiger partial charge in [0.15, 0.2) is 0 Å². The number of aryl methyl sites for hydroxylation is 1. The summed E-state index contributed by atoms with van der Waals surface area (Å²) >= 11 is 1.91. The third kappa shape index (κ3) is 2.04. The van der Waals surface area contributed by atoms with Crippen LogP contribution in [0.4, 0.5) is 5.69 Å². The number of carbonyl (C=O) groups is 1. The summed E-state index contributed by atoms with van der Waals surface area (Å²) in [5, 5.41) is 0. The topological polar surface area (TPSA) is 46.3 Å². The van der Waals surface area contributed by atoms with E-state index in [0.29, 0.717) is 0 Å². The van der Waals surface area contributed by atoms with Gasteiger partial charge >= 0.3 is 0 Å². The van der Waals surface area contributed by atoms with Crippen LogP contribution in [0.25, 0.3) is 0 Å². The maximum atomic E-state index is 12.2. The van der Waals surface area contributed by atoms with Crippen molar-refractivity contribution in [3.05, 3.63) is 23.8 Å². The maximum absolute atomic E-state index is 12.2. The highest BCUT2D eigenvalue weighted by molar-refractivity contribution is 7.99. The van der Waals surface area contributed by atoms with Crippen molar-refractivity contribution >= 4 is 23.4 Å². The van der Waals surface area contributed by atoms with Crippen LogP contribution in [0.3, 0.4) is 0 Å². The number of thioether (sulfide) groups is 1. The molecule has 3 rings (SSSR count). The molecule has 4 heteroatoms. The predicted octanol–water partition coefficient (Wildman–Crippen LogP) is 2.18. The number of nitrogens with zero attached hydrogens (tertiary/aromatic N) is 1. The fourth-order valence-corrected chi connectivity index (χ4v) is 3.37. The molecule has 0 bridgehead atoms. The summed E-state index contributed by atoms with van der Waals surface area (Å²) in [7, 11) is 1.83.